The molecule has 2 atom stereocenters. The Kier molecular flexibility index (Phi) is 6.28. The Labute approximate surface area is 164 Å². The van der Waals surface area contributed by atoms with Crippen molar-refractivity contribution in [1.82, 2.24) is 10.3 Å². The van der Waals surface area contributed by atoms with Crippen LogP contribution in [0, 0.1) is 0 Å². The first-order valence-electron chi connectivity index (χ1n) is 8.48. The van der Waals surface area contributed by atoms with Gasteiger partial charge in [-0.2, -0.15) is 0 Å². The minimum atomic E-state index is -1.07. The second kappa shape index (κ2) is 8.26. The predicted molar refractivity (Wildman–Crippen MR) is 108 cm³/mol. The molecule has 2 amide bonds. The van der Waals surface area contributed by atoms with Crippen LogP contribution in [0.5, 0.6) is 0 Å². The number of hydrogen-bond donors (Lipinski definition) is 3. The van der Waals surface area contributed by atoms with Crippen molar-refractivity contribution in [1.29, 1.82) is 0 Å². The monoisotopic (exact) mass is 390 g/mol. The molecule has 1 aliphatic rings. The number of carbonyl (C=O) groups excluding carboxylic acids is 1. The number of aromatic nitrogens is 1. The summed E-state index contributed by atoms with van der Waals surface area (Å²) in [4.78, 5) is 29.4. The molecule has 8 heteroatoms. The van der Waals surface area contributed by atoms with Crippen LogP contribution in [0.25, 0.3) is 11.1 Å². The topological polar surface area (TPSA) is 94.6 Å². The number of anilines is 2. The second-order valence-electron chi connectivity index (χ2n) is 6.43. The fraction of sp³-hybridized carbons (Fsp3) is 0.316. The van der Waals surface area contributed by atoms with Gasteiger partial charge in [-0.15, -0.1) is 12.4 Å². The number of fused-ring (bicyclic) bond motifs is 1. The zero-order chi connectivity index (χ0) is 18.8. The van der Waals surface area contributed by atoms with Gasteiger partial charge in [-0.3, -0.25) is 4.79 Å². The standard InChI is InChI=1S/C19H22N4O3.ClH/c1-11-8-16(22-19(25)26)15-9-13(4-6-17(15)23(11)12(2)24)14-5-7-18(20-3)21-10-14;/h4-7,9-11,16,22H,8H2,1-3H3,(H,20,21)(H,25,26);1H. The van der Waals surface area contributed by atoms with Crippen molar-refractivity contribution < 1.29 is 14.7 Å². The lowest BCUT2D eigenvalue weighted by Crippen LogP contribution is -2.45. The van der Waals surface area contributed by atoms with Gasteiger partial charge in [0.15, 0.2) is 0 Å². The summed E-state index contributed by atoms with van der Waals surface area (Å²) >= 11 is 0. The maximum absolute atomic E-state index is 12.1. The van der Waals surface area contributed by atoms with Crippen molar-refractivity contribution in [3.05, 3.63) is 42.1 Å². The third-order valence-electron chi connectivity index (χ3n) is 4.67. The Balaban J connectivity index is 0.00000261. The van der Waals surface area contributed by atoms with Crippen LogP contribution in [0.15, 0.2) is 36.5 Å². The van der Waals surface area contributed by atoms with E-state index in [0.717, 1.165) is 28.2 Å². The lowest BCUT2D eigenvalue weighted by atomic mass is 9.89. The summed E-state index contributed by atoms with van der Waals surface area (Å²) in [6.45, 7) is 3.45. The highest BCUT2D eigenvalue weighted by Crippen LogP contribution is 2.39. The first-order chi connectivity index (χ1) is 12.4. The van der Waals surface area contributed by atoms with Gasteiger partial charge < -0.3 is 20.6 Å². The van der Waals surface area contributed by atoms with Crippen molar-refractivity contribution in [2.45, 2.75) is 32.4 Å². The van der Waals surface area contributed by atoms with E-state index >= 15 is 0 Å². The Hall–Kier alpha value is -2.80. The summed E-state index contributed by atoms with van der Waals surface area (Å²) in [5.74, 6) is 0.717. The van der Waals surface area contributed by atoms with E-state index in [1.165, 1.54) is 6.92 Å². The summed E-state index contributed by atoms with van der Waals surface area (Å²) in [6, 6.07) is 9.13. The van der Waals surface area contributed by atoms with Crippen LogP contribution in [0.2, 0.25) is 0 Å². The molecule has 0 bridgehead atoms. The van der Waals surface area contributed by atoms with E-state index < -0.39 is 6.09 Å². The summed E-state index contributed by atoms with van der Waals surface area (Å²) in [5, 5.41) is 14.7. The van der Waals surface area contributed by atoms with Crippen molar-refractivity contribution >= 4 is 35.9 Å². The number of hydrogen-bond acceptors (Lipinski definition) is 4. The normalized spacial score (nSPS) is 18.1. The highest BCUT2D eigenvalue weighted by molar-refractivity contribution is 5.94. The molecular weight excluding hydrogens is 368 g/mol. The molecule has 144 valence electrons. The van der Waals surface area contributed by atoms with E-state index in [0.29, 0.717) is 6.42 Å². The highest BCUT2D eigenvalue weighted by atomic mass is 35.5. The maximum atomic E-state index is 12.1. The molecule has 0 fully saturated rings. The molecule has 0 saturated carbocycles. The van der Waals surface area contributed by atoms with Gasteiger partial charge in [-0.25, -0.2) is 9.78 Å². The summed E-state index contributed by atoms with van der Waals surface area (Å²) in [5.41, 5.74) is 3.40. The number of rotatable bonds is 3. The molecule has 0 spiro atoms. The number of carboxylic acid groups (broad SMARTS) is 1. The number of nitrogens with zero attached hydrogens (tertiary/aromatic N) is 2. The summed E-state index contributed by atoms with van der Waals surface area (Å²) < 4.78 is 0. The molecular formula is C19H23ClN4O3. The molecule has 0 radical (unpaired) electrons. The van der Waals surface area contributed by atoms with Gasteiger partial charge in [0.05, 0.1) is 6.04 Å². The highest BCUT2D eigenvalue weighted by Gasteiger charge is 2.33. The number of pyridine rings is 1. The zero-order valence-corrected chi connectivity index (χ0v) is 16.2. The van der Waals surface area contributed by atoms with Crippen LogP contribution in [0.1, 0.15) is 31.9 Å². The summed E-state index contributed by atoms with van der Waals surface area (Å²) in [6.07, 6.45) is 1.22. The van der Waals surface area contributed by atoms with Gasteiger partial charge in [-0.05, 0) is 48.7 Å². The number of carbonyl (C=O) groups is 2. The van der Waals surface area contributed by atoms with E-state index in [9.17, 15) is 14.7 Å². The van der Waals surface area contributed by atoms with Gasteiger partial charge in [0, 0.05) is 37.5 Å². The minimum Gasteiger partial charge on any atom is -0.465 e. The van der Waals surface area contributed by atoms with Crippen molar-refractivity contribution in [2.75, 3.05) is 17.3 Å². The number of halogens is 1. The van der Waals surface area contributed by atoms with Crippen LogP contribution in [0.4, 0.5) is 16.3 Å². The Morgan fingerprint density at radius 3 is 2.48 bits per heavy atom. The Morgan fingerprint density at radius 2 is 1.93 bits per heavy atom. The number of nitrogens with one attached hydrogen (secondary N) is 2. The Morgan fingerprint density at radius 1 is 1.22 bits per heavy atom. The number of amides is 2. The SMILES string of the molecule is CNc1ccc(-c2ccc3c(c2)C(NC(=O)O)CC(C)N3C(C)=O)cn1.Cl. The van der Waals surface area contributed by atoms with Crippen LogP contribution < -0.4 is 15.5 Å². The van der Waals surface area contributed by atoms with E-state index in [-0.39, 0.29) is 30.4 Å². The zero-order valence-electron chi connectivity index (χ0n) is 15.4. The average Bonchev–Trinajstić information content (AvgIpc) is 2.60. The van der Waals surface area contributed by atoms with Crippen molar-refractivity contribution in [3.8, 4) is 11.1 Å². The molecule has 1 aliphatic heterocycles. The molecule has 27 heavy (non-hydrogen) atoms. The molecule has 1 aromatic heterocycles. The van der Waals surface area contributed by atoms with Gasteiger partial charge >= 0.3 is 6.09 Å². The van der Waals surface area contributed by atoms with Crippen LogP contribution >= 0.6 is 12.4 Å². The Bertz CT molecular complexity index is 841. The molecule has 3 rings (SSSR count). The molecule has 2 unspecified atom stereocenters. The van der Waals surface area contributed by atoms with Gasteiger partial charge in [0.2, 0.25) is 5.91 Å². The fourth-order valence-corrected chi connectivity index (χ4v) is 3.52. The van der Waals surface area contributed by atoms with Gasteiger partial charge in [-0.1, -0.05) is 6.07 Å². The maximum Gasteiger partial charge on any atom is 0.405 e. The third kappa shape index (κ3) is 4.14. The lowest BCUT2D eigenvalue weighted by Gasteiger charge is -2.39. The van der Waals surface area contributed by atoms with E-state index in [2.05, 4.69) is 15.6 Å². The lowest BCUT2D eigenvalue weighted by molar-refractivity contribution is -0.117. The smallest absolute Gasteiger partial charge is 0.405 e. The van der Waals surface area contributed by atoms with E-state index in [1.807, 2.05) is 37.3 Å². The van der Waals surface area contributed by atoms with Crippen molar-refractivity contribution in [2.24, 2.45) is 0 Å². The molecule has 1 aromatic carbocycles. The first-order valence-corrected chi connectivity index (χ1v) is 8.48. The molecule has 3 N–H and O–H groups in total. The molecule has 0 aliphatic carbocycles. The van der Waals surface area contributed by atoms with Gasteiger partial charge in [0.1, 0.15) is 5.82 Å². The quantitative estimate of drug-likeness (QED) is 0.743. The number of benzene rings is 1. The fourth-order valence-electron chi connectivity index (χ4n) is 3.52. The molecule has 0 saturated heterocycles. The summed E-state index contributed by atoms with van der Waals surface area (Å²) in [7, 11) is 1.81. The largest absolute Gasteiger partial charge is 0.465 e. The predicted octanol–water partition coefficient (Wildman–Crippen LogP) is 3.67. The molecule has 2 heterocycles. The van der Waals surface area contributed by atoms with Crippen LogP contribution in [-0.4, -0.2) is 35.2 Å². The first kappa shape index (κ1) is 20.5. The van der Waals surface area contributed by atoms with Gasteiger partial charge in [0.25, 0.3) is 0 Å². The van der Waals surface area contributed by atoms with Crippen LogP contribution in [-0.2, 0) is 4.79 Å². The molecule has 7 nitrogen and oxygen atoms in total. The van der Waals surface area contributed by atoms with Crippen molar-refractivity contribution in [3.63, 3.8) is 0 Å². The third-order valence-corrected chi connectivity index (χ3v) is 4.67. The second-order valence-corrected chi connectivity index (χ2v) is 6.43. The van der Waals surface area contributed by atoms with E-state index in [1.54, 1.807) is 18.1 Å². The molecule has 2 aromatic rings. The van der Waals surface area contributed by atoms with E-state index in [4.69, 9.17) is 0 Å². The van der Waals surface area contributed by atoms with Crippen LogP contribution in [0.3, 0.4) is 0 Å². The minimum absolute atomic E-state index is 0. The average molecular weight is 391 g/mol.